The van der Waals surface area contributed by atoms with Crippen LogP contribution in [-0.2, 0) is 27.2 Å². The summed E-state index contributed by atoms with van der Waals surface area (Å²) in [4.78, 5) is 28.5. The van der Waals surface area contributed by atoms with Gasteiger partial charge in [0.15, 0.2) is 17.8 Å². The van der Waals surface area contributed by atoms with E-state index < -0.39 is 12.1 Å². The molecule has 6 heteroatoms. The first-order valence-corrected chi connectivity index (χ1v) is 9.64. The maximum atomic E-state index is 12.2. The summed E-state index contributed by atoms with van der Waals surface area (Å²) < 4.78 is 10.9. The molecule has 1 heterocycles. The minimum absolute atomic E-state index is 0.0809. The smallest absolute Gasteiger partial charge is 0.307 e. The van der Waals surface area contributed by atoms with E-state index in [-0.39, 0.29) is 12.3 Å². The summed E-state index contributed by atoms with van der Waals surface area (Å²) in [7, 11) is 0. The second-order valence-electron chi connectivity index (χ2n) is 6.66. The van der Waals surface area contributed by atoms with E-state index in [0.717, 1.165) is 12.0 Å². The number of oxazole rings is 1. The minimum atomic E-state index is -0.891. The third-order valence-electron chi connectivity index (χ3n) is 4.46. The van der Waals surface area contributed by atoms with E-state index in [1.165, 1.54) is 5.56 Å². The number of carbonyl (C=O) groups is 2. The minimum Gasteiger partial charge on any atom is -0.453 e. The van der Waals surface area contributed by atoms with Gasteiger partial charge in [-0.05, 0) is 31.0 Å². The van der Waals surface area contributed by atoms with E-state index in [0.29, 0.717) is 23.8 Å². The Morgan fingerprint density at radius 2 is 1.83 bits per heavy atom. The van der Waals surface area contributed by atoms with Crippen LogP contribution in [-0.4, -0.2) is 23.0 Å². The van der Waals surface area contributed by atoms with Gasteiger partial charge in [0.05, 0.1) is 12.6 Å². The molecule has 0 aliphatic heterocycles. The van der Waals surface area contributed by atoms with Gasteiger partial charge in [0, 0.05) is 17.7 Å². The molecule has 3 aromatic rings. The topological polar surface area (TPSA) is 81.4 Å². The summed E-state index contributed by atoms with van der Waals surface area (Å²) >= 11 is 0. The Kier molecular flexibility index (Phi) is 6.79. The van der Waals surface area contributed by atoms with Crippen molar-refractivity contribution < 1.29 is 18.7 Å². The fourth-order valence-corrected chi connectivity index (χ4v) is 2.75. The van der Waals surface area contributed by atoms with Crippen LogP contribution >= 0.6 is 0 Å². The molecule has 1 amide bonds. The van der Waals surface area contributed by atoms with Gasteiger partial charge in [0.1, 0.15) is 0 Å². The largest absolute Gasteiger partial charge is 0.453 e. The third-order valence-corrected chi connectivity index (χ3v) is 4.46. The first-order valence-electron chi connectivity index (χ1n) is 9.64. The molecule has 0 radical (unpaired) electrons. The average molecular weight is 392 g/mol. The summed E-state index contributed by atoms with van der Waals surface area (Å²) in [6.07, 6.45) is 2.06. The number of hydrogen-bond acceptors (Lipinski definition) is 5. The molecule has 6 nitrogen and oxygen atoms in total. The summed E-state index contributed by atoms with van der Waals surface area (Å²) in [5.41, 5.74) is 2.78. The predicted octanol–water partition coefficient (Wildman–Crippen LogP) is 4.41. The lowest BCUT2D eigenvalue weighted by Gasteiger charge is -2.13. The van der Waals surface area contributed by atoms with E-state index in [4.69, 9.17) is 9.15 Å². The molecule has 0 saturated heterocycles. The quantitative estimate of drug-likeness (QED) is 0.575. The zero-order valence-corrected chi connectivity index (χ0v) is 16.6. The van der Waals surface area contributed by atoms with Crippen LogP contribution < -0.4 is 5.32 Å². The number of carbonyl (C=O) groups excluding carboxylic acids is 2. The number of nitrogens with zero attached hydrogens (tertiary/aromatic N) is 1. The first-order chi connectivity index (χ1) is 14.0. The molecular formula is C23H24N2O4. The highest BCUT2D eigenvalue weighted by molar-refractivity contribution is 5.95. The van der Waals surface area contributed by atoms with Gasteiger partial charge in [-0.1, -0.05) is 49.4 Å². The highest BCUT2D eigenvalue weighted by atomic mass is 16.5. The number of anilines is 1. The van der Waals surface area contributed by atoms with Crippen LogP contribution in [0.3, 0.4) is 0 Å². The fraction of sp³-hybridized carbons (Fsp3) is 0.261. The number of benzene rings is 2. The number of amides is 1. The maximum Gasteiger partial charge on any atom is 0.307 e. The average Bonchev–Trinajstić information content (AvgIpc) is 3.22. The van der Waals surface area contributed by atoms with Gasteiger partial charge >= 0.3 is 5.97 Å². The second-order valence-corrected chi connectivity index (χ2v) is 6.66. The van der Waals surface area contributed by atoms with Crippen LogP contribution in [0.2, 0.25) is 0 Å². The molecule has 0 fully saturated rings. The summed E-state index contributed by atoms with van der Waals surface area (Å²) in [5, 5.41) is 2.75. The van der Waals surface area contributed by atoms with Crippen LogP contribution in [0.5, 0.6) is 0 Å². The number of nitrogens with one attached hydrogen (secondary N) is 1. The number of esters is 1. The molecule has 0 bridgehead atoms. The van der Waals surface area contributed by atoms with Gasteiger partial charge in [-0.25, -0.2) is 4.98 Å². The Morgan fingerprint density at radius 1 is 1.10 bits per heavy atom. The molecule has 1 aromatic heterocycles. The molecule has 1 unspecified atom stereocenters. The normalized spacial score (nSPS) is 11.7. The number of aryl methyl sites for hydroxylation is 2. The molecule has 1 atom stereocenters. The summed E-state index contributed by atoms with van der Waals surface area (Å²) in [5.74, 6) is 0.253. The molecule has 2 aromatic carbocycles. The van der Waals surface area contributed by atoms with E-state index in [1.807, 2.05) is 54.6 Å². The van der Waals surface area contributed by atoms with Crippen LogP contribution in [0.4, 0.5) is 5.69 Å². The summed E-state index contributed by atoms with van der Waals surface area (Å²) in [6.45, 7) is 3.61. The monoisotopic (exact) mass is 392 g/mol. The molecule has 0 aliphatic rings. The lowest BCUT2D eigenvalue weighted by molar-refractivity contribution is -0.153. The van der Waals surface area contributed by atoms with Crippen molar-refractivity contribution in [3.05, 3.63) is 72.2 Å². The standard InChI is InChI=1S/C23H24N2O4/c1-3-17-9-11-19(12-10-17)25-23(27)16(2)28-22(26)14-13-21-24-15-20(29-21)18-7-5-4-6-8-18/h4-12,15-16H,3,13-14H2,1-2H3,(H,25,27). The third kappa shape index (κ3) is 5.78. The highest BCUT2D eigenvalue weighted by Crippen LogP contribution is 2.20. The predicted molar refractivity (Wildman–Crippen MR) is 110 cm³/mol. The van der Waals surface area contributed by atoms with Gasteiger partial charge in [-0.3, -0.25) is 9.59 Å². The molecule has 29 heavy (non-hydrogen) atoms. The van der Waals surface area contributed by atoms with E-state index >= 15 is 0 Å². The molecule has 0 spiro atoms. The van der Waals surface area contributed by atoms with Gasteiger partial charge in [-0.2, -0.15) is 0 Å². The SMILES string of the molecule is CCc1ccc(NC(=O)C(C)OC(=O)CCc2ncc(-c3ccccc3)o2)cc1. The molecule has 0 saturated carbocycles. The van der Waals surface area contributed by atoms with E-state index in [2.05, 4.69) is 17.2 Å². The van der Waals surface area contributed by atoms with Crippen molar-refractivity contribution in [1.82, 2.24) is 4.98 Å². The lowest BCUT2D eigenvalue weighted by Crippen LogP contribution is -2.30. The molecule has 0 aliphatic carbocycles. The van der Waals surface area contributed by atoms with Crippen molar-refractivity contribution in [2.75, 3.05) is 5.32 Å². The van der Waals surface area contributed by atoms with Crippen LogP contribution in [0, 0.1) is 0 Å². The Bertz CT molecular complexity index is 949. The number of hydrogen-bond donors (Lipinski definition) is 1. The molecule has 150 valence electrons. The Balaban J connectivity index is 1.46. The van der Waals surface area contributed by atoms with Gasteiger partial charge in [-0.15, -0.1) is 0 Å². The number of rotatable bonds is 8. The van der Waals surface area contributed by atoms with Gasteiger partial charge in [0.2, 0.25) is 0 Å². The van der Waals surface area contributed by atoms with Crippen molar-refractivity contribution in [2.45, 2.75) is 39.2 Å². The van der Waals surface area contributed by atoms with E-state index in [1.54, 1.807) is 13.1 Å². The van der Waals surface area contributed by atoms with Crippen LogP contribution in [0.1, 0.15) is 31.7 Å². The maximum absolute atomic E-state index is 12.2. The van der Waals surface area contributed by atoms with Crippen LogP contribution in [0.25, 0.3) is 11.3 Å². The van der Waals surface area contributed by atoms with Gasteiger partial charge < -0.3 is 14.5 Å². The number of aromatic nitrogens is 1. The molecule has 3 rings (SSSR count). The zero-order chi connectivity index (χ0) is 20.6. The lowest BCUT2D eigenvalue weighted by atomic mass is 10.1. The van der Waals surface area contributed by atoms with Gasteiger partial charge in [0.25, 0.3) is 5.91 Å². The fourth-order valence-electron chi connectivity index (χ4n) is 2.75. The highest BCUT2D eigenvalue weighted by Gasteiger charge is 2.18. The zero-order valence-electron chi connectivity index (χ0n) is 16.6. The Hall–Kier alpha value is -3.41. The number of ether oxygens (including phenoxy) is 1. The summed E-state index contributed by atoms with van der Waals surface area (Å²) in [6, 6.07) is 17.2. The Morgan fingerprint density at radius 3 is 2.52 bits per heavy atom. The van der Waals surface area contributed by atoms with Crippen molar-refractivity contribution in [1.29, 1.82) is 0 Å². The van der Waals surface area contributed by atoms with Crippen molar-refractivity contribution in [3.8, 4) is 11.3 Å². The molecule has 1 N–H and O–H groups in total. The molecular weight excluding hydrogens is 368 g/mol. The first kappa shape index (κ1) is 20.3. The van der Waals surface area contributed by atoms with Crippen molar-refractivity contribution in [2.24, 2.45) is 0 Å². The Labute approximate surface area is 169 Å². The van der Waals surface area contributed by atoms with Crippen LogP contribution in [0.15, 0.2) is 65.2 Å². The van der Waals surface area contributed by atoms with Crippen molar-refractivity contribution >= 4 is 17.6 Å². The van der Waals surface area contributed by atoms with Crippen molar-refractivity contribution in [3.63, 3.8) is 0 Å². The van der Waals surface area contributed by atoms with E-state index in [9.17, 15) is 9.59 Å². The second kappa shape index (κ2) is 9.68.